The molecule has 4 heteroatoms. The lowest BCUT2D eigenvalue weighted by Crippen LogP contribution is -2.25. The number of halogens is 3. The van der Waals surface area contributed by atoms with Gasteiger partial charge in [-0.25, -0.2) is 13.2 Å². The molecule has 2 unspecified atom stereocenters. The van der Waals surface area contributed by atoms with Crippen molar-refractivity contribution in [3.63, 3.8) is 0 Å². The molecule has 21 heavy (non-hydrogen) atoms. The first-order valence-electron chi connectivity index (χ1n) is 6.98. The predicted octanol–water partition coefficient (Wildman–Crippen LogP) is 4.91. The summed E-state index contributed by atoms with van der Waals surface area (Å²) in [4.78, 5) is 0. The second-order valence-corrected chi connectivity index (χ2v) is 5.04. The monoisotopic (exact) mass is 293 g/mol. The molecule has 0 amide bonds. The smallest absolute Gasteiger partial charge is 0.159 e. The molecule has 0 aliphatic rings. The summed E-state index contributed by atoms with van der Waals surface area (Å²) in [5.41, 5.74) is 1.21. The Balaban J connectivity index is 2.18. The molecule has 0 fully saturated rings. The average molecular weight is 293 g/mol. The summed E-state index contributed by atoms with van der Waals surface area (Å²) < 4.78 is 40.1. The maximum absolute atomic E-state index is 13.8. The van der Waals surface area contributed by atoms with E-state index >= 15 is 0 Å². The Bertz CT molecular complexity index is 613. The summed E-state index contributed by atoms with van der Waals surface area (Å²) >= 11 is 0. The van der Waals surface area contributed by atoms with Gasteiger partial charge in [-0.3, -0.25) is 0 Å². The molecule has 2 aromatic rings. The Labute approximate surface area is 122 Å². The van der Waals surface area contributed by atoms with Crippen molar-refractivity contribution in [3.8, 4) is 0 Å². The van der Waals surface area contributed by atoms with Crippen LogP contribution in [0.15, 0.2) is 42.5 Å². The second-order valence-electron chi connectivity index (χ2n) is 5.04. The molecule has 112 valence electrons. The van der Waals surface area contributed by atoms with Crippen LogP contribution < -0.4 is 5.32 Å². The molecule has 1 nitrogen and oxygen atoms in total. The van der Waals surface area contributed by atoms with E-state index in [1.54, 1.807) is 18.2 Å². The van der Waals surface area contributed by atoms with Gasteiger partial charge in [0.1, 0.15) is 5.82 Å². The van der Waals surface area contributed by atoms with Crippen LogP contribution in [0.1, 0.15) is 43.5 Å². The third-order valence-electron chi connectivity index (χ3n) is 3.58. The van der Waals surface area contributed by atoms with Gasteiger partial charge in [-0.05, 0) is 37.1 Å². The zero-order valence-corrected chi connectivity index (χ0v) is 12.0. The van der Waals surface area contributed by atoms with E-state index in [1.807, 2.05) is 13.8 Å². The largest absolute Gasteiger partial charge is 0.303 e. The molecule has 0 saturated heterocycles. The number of nitrogens with one attached hydrogen (secondary N) is 1. The van der Waals surface area contributed by atoms with Gasteiger partial charge in [0, 0.05) is 17.6 Å². The third-order valence-corrected chi connectivity index (χ3v) is 3.58. The molecule has 0 radical (unpaired) electrons. The number of benzene rings is 2. The van der Waals surface area contributed by atoms with E-state index in [0.29, 0.717) is 17.5 Å². The van der Waals surface area contributed by atoms with Crippen LogP contribution in [0.25, 0.3) is 0 Å². The van der Waals surface area contributed by atoms with Crippen molar-refractivity contribution in [1.82, 2.24) is 5.32 Å². The lowest BCUT2D eigenvalue weighted by atomic mass is 10.0. The Hall–Kier alpha value is -1.81. The fraction of sp³-hybridized carbons (Fsp3) is 0.294. The zero-order chi connectivity index (χ0) is 15.4. The highest BCUT2D eigenvalue weighted by Crippen LogP contribution is 2.24. The Kier molecular flexibility index (Phi) is 5.02. The molecule has 0 spiro atoms. The van der Waals surface area contributed by atoms with Crippen LogP contribution in [0, 0.1) is 17.5 Å². The maximum Gasteiger partial charge on any atom is 0.159 e. The van der Waals surface area contributed by atoms with Crippen LogP contribution in [0.3, 0.4) is 0 Å². The number of hydrogen-bond donors (Lipinski definition) is 1. The van der Waals surface area contributed by atoms with E-state index in [0.717, 1.165) is 6.07 Å². The van der Waals surface area contributed by atoms with Crippen molar-refractivity contribution >= 4 is 0 Å². The van der Waals surface area contributed by atoms with E-state index in [1.165, 1.54) is 18.2 Å². The first kappa shape index (κ1) is 15.6. The predicted molar refractivity (Wildman–Crippen MR) is 77.3 cm³/mol. The van der Waals surface area contributed by atoms with Crippen molar-refractivity contribution in [1.29, 1.82) is 0 Å². The second kappa shape index (κ2) is 6.76. The van der Waals surface area contributed by atoms with Gasteiger partial charge < -0.3 is 5.32 Å². The van der Waals surface area contributed by atoms with E-state index < -0.39 is 11.6 Å². The van der Waals surface area contributed by atoms with Crippen LogP contribution in [0.2, 0.25) is 0 Å². The molecule has 2 aromatic carbocycles. The summed E-state index contributed by atoms with van der Waals surface area (Å²) in [6.07, 6.45) is 0.689. The first-order valence-corrected chi connectivity index (χ1v) is 6.98. The van der Waals surface area contributed by atoms with Crippen molar-refractivity contribution in [2.45, 2.75) is 32.4 Å². The fourth-order valence-corrected chi connectivity index (χ4v) is 2.36. The number of hydrogen-bond acceptors (Lipinski definition) is 1. The van der Waals surface area contributed by atoms with E-state index in [9.17, 15) is 13.2 Å². The third kappa shape index (κ3) is 3.64. The van der Waals surface area contributed by atoms with E-state index in [4.69, 9.17) is 0 Å². The lowest BCUT2D eigenvalue weighted by molar-refractivity contribution is 0.435. The molecule has 0 aromatic heterocycles. The molecular weight excluding hydrogens is 275 g/mol. The highest BCUT2D eigenvalue weighted by Gasteiger charge is 2.17. The average Bonchev–Trinajstić information content (AvgIpc) is 2.48. The van der Waals surface area contributed by atoms with Crippen molar-refractivity contribution in [2.24, 2.45) is 0 Å². The Morgan fingerprint density at radius 3 is 2.29 bits per heavy atom. The molecule has 0 heterocycles. The zero-order valence-electron chi connectivity index (χ0n) is 12.0. The van der Waals surface area contributed by atoms with Gasteiger partial charge in [0.15, 0.2) is 11.6 Å². The minimum Gasteiger partial charge on any atom is -0.303 e. The van der Waals surface area contributed by atoms with Gasteiger partial charge in [0.2, 0.25) is 0 Å². The quantitative estimate of drug-likeness (QED) is 0.826. The lowest BCUT2D eigenvalue weighted by Gasteiger charge is -2.23. The van der Waals surface area contributed by atoms with Crippen LogP contribution in [0.4, 0.5) is 13.2 Å². The van der Waals surface area contributed by atoms with Gasteiger partial charge in [0.05, 0.1) is 0 Å². The molecule has 0 aliphatic heterocycles. The summed E-state index contributed by atoms with van der Waals surface area (Å²) in [5.74, 6) is -2.01. The van der Waals surface area contributed by atoms with Gasteiger partial charge in [-0.15, -0.1) is 0 Å². The number of rotatable bonds is 5. The van der Waals surface area contributed by atoms with Crippen LogP contribution in [-0.2, 0) is 0 Å². The summed E-state index contributed by atoms with van der Waals surface area (Å²) in [6, 6.07) is 9.98. The molecule has 0 aliphatic carbocycles. The highest BCUT2D eigenvalue weighted by atomic mass is 19.2. The summed E-state index contributed by atoms with van der Waals surface area (Å²) in [7, 11) is 0. The minimum atomic E-state index is -0.875. The molecule has 0 saturated carbocycles. The van der Waals surface area contributed by atoms with Crippen LogP contribution >= 0.6 is 0 Å². The van der Waals surface area contributed by atoms with E-state index in [-0.39, 0.29) is 17.9 Å². The normalized spacial score (nSPS) is 14.0. The highest BCUT2D eigenvalue weighted by molar-refractivity contribution is 5.24. The molecule has 0 bridgehead atoms. The standard InChI is InChI=1S/C17H18F3N/c1-3-17(13-6-4-5-7-14(13)18)21-11(2)12-8-9-15(19)16(20)10-12/h4-11,17,21H,3H2,1-2H3. The molecule has 2 rings (SSSR count). The van der Waals surface area contributed by atoms with Crippen molar-refractivity contribution in [2.75, 3.05) is 0 Å². The molecule has 2 atom stereocenters. The van der Waals surface area contributed by atoms with Crippen LogP contribution in [0.5, 0.6) is 0 Å². The van der Waals surface area contributed by atoms with Crippen LogP contribution in [-0.4, -0.2) is 0 Å². The molecule has 1 N–H and O–H groups in total. The van der Waals surface area contributed by atoms with Gasteiger partial charge in [-0.2, -0.15) is 0 Å². The Morgan fingerprint density at radius 2 is 1.67 bits per heavy atom. The summed E-state index contributed by atoms with van der Waals surface area (Å²) in [5, 5.41) is 3.26. The van der Waals surface area contributed by atoms with Crippen molar-refractivity contribution < 1.29 is 13.2 Å². The SMILES string of the molecule is CCC(NC(C)c1ccc(F)c(F)c1)c1ccccc1F. The Morgan fingerprint density at radius 1 is 0.952 bits per heavy atom. The van der Waals surface area contributed by atoms with E-state index in [2.05, 4.69) is 5.32 Å². The first-order chi connectivity index (χ1) is 10.0. The fourth-order valence-electron chi connectivity index (χ4n) is 2.36. The topological polar surface area (TPSA) is 12.0 Å². The van der Waals surface area contributed by atoms with Gasteiger partial charge in [-0.1, -0.05) is 31.2 Å². The summed E-state index contributed by atoms with van der Waals surface area (Å²) in [6.45, 7) is 3.79. The maximum atomic E-state index is 13.8. The molecular formula is C17H18F3N. The van der Waals surface area contributed by atoms with Gasteiger partial charge in [0.25, 0.3) is 0 Å². The van der Waals surface area contributed by atoms with Gasteiger partial charge >= 0.3 is 0 Å². The van der Waals surface area contributed by atoms with Crippen molar-refractivity contribution in [3.05, 3.63) is 71.0 Å². The minimum absolute atomic E-state index is 0.186.